The zero-order valence-corrected chi connectivity index (χ0v) is 10.7. The Bertz CT molecular complexity index is 501. The maximum atomic E-state index is 11.5. The Morgan fingerprint density at radius 2 is 2.18 bits per heavy atom. The molecule has 1 aromatic carbocycles. The third kappa shape index (κ3) is 5.16. The predicted octanol–water partition coefficient (Wildman–Crippen LogP) is 1.09. The average Bonchev–Trinajstić information content (AvgIpc) is 2.27. The van der Waals surface area contributed by atoms with Crippen molar-refractivity contribution in [2.24, 2.45) is 0 Å². The molecule has 1 N–H and O–H groups in total. The van der Waals surface area contributed by atoms with Crippen LogP contribution in [0.3, 0.4) is 0 Å². The Kier molecular flexibility index (Phi) is 4.92. The number of hydrogen-bond acceptors (Lipinski definition) is 4. The second kappa shape index (κ2) is 6.00. The molecule has 0 aliphatic rings. The molecule has 1 aromatic rings. The molecule has 0 aliphatic carbocycles. The van der Waals surface area contributed by atoms with Crippen molar-refractivity contribution in [1.82, 2.24) is 4.72 Å². The van der Waals surface area contributed by atoms with Gasteiger partial charge in [0.15, 0.2) is 6.73 Å². The van der Waals surface area contributed by atoms with Gasteiger partial charge in [-0.1, -0.05) is 12.1 Å². The third-order valence-electron chi connectivity index (χ3n) is 1.84. The van der Waals surface area contributed by atoms with Crippen LogP contribution >= 0.6 is 11.6 Å². The van der Waals surface area contributed by atoms with Crippen LogP contribution in [0.2, 0.25) is 0 Å². The number of carbonyl (C=O) groups is 1. The average molecular weight is 278 g/mol. The monoisotopic (exact) mass is 277 g/mol. The molecular formula is C10H12ClNO4S. The first kappa shape index (κ1) is 14.0. The summed E-state index contributed by atoms with van der Waals surface area (Å²) in [5.74, 6) is -0.309. The molecule has 0 aromatic heterocycles. The number of esters is 1. The summed E-state index contributed by atoms with van der Waals surface area (Å²) in [6.45, 7) is -0.386. The Labute approximate surface area is 105 Å². The third-order valence-corrected chi connectivity index (χ3v) is 2.79. The molecule has 0 bridgehead atoms. The van der Waals surface area contributed by atoms with E-state index in [9.17, 15) is 13.2 Å². The highest BCUT2D eigenvalue weighted by atomic mass is 35.5. The fourth-order valence-corrected chi connectivity index (χ4v) is 1.51. The second-order valence-corrected chi connectivity index (χ2v) is 5.43. The van der Waals surface area contributed by atoms with Crippen molar-refractivity contribution < 1.29 is 17.9 Å². The lowest BCUT2D eigenvalue weighted by atomic mass is 10.1. The lowest BCUT2D eigenvalue weighted by Crippen LogP contribution is -2.26. The molecule has 1 rings (SSSR count). The fourth-order valence-electron chi connectivity index (χ4n) is 1.07. The summed E-state index contributed by atoms with van der Waals surface area (Å²) in [6.07, 6.45) is 0.981. The summed E-state index contributed by atoms with van der Waals surface area (Å²) in [4.78, 5) is 11.5. The molecule has 5 nitrogen and oxygen atoms in total. The van der Waals surface area contributed by atoms with Crippen LogP contribution in [0.4, 0.5) is 0 Å². The zero-order valence-electron chi connectivity index (χ0n) is 9.14. The molecule has 0 aliphatic heterocycles. The number of ether oxygens (including phenoxy) is 1. The van der Waals surface area contributed by atoms with E-state index >= 15 is 0 Å². The van der Waals surface area contributed by atoms with Crippen LogP contribution in [-0.2, 0) is 20.6 Å². The normalized spacial score (nSPS) is 11.2. The topological polar surface area (TPSA) is 72.5 Å². The number of halogens is 1. The van der Waals surface area contributed by atoms with Crippen LogP contribution in [0.15, 0.2) is 24.3 Å². The summed E-state index contributed by atoms with van der Waals surface area (Å²) in [6, 6.07) is 6.62. The minimum Gasteiger partial charge on any atom is -0.445 e. The molecule has 0 spiro atoms. The van der Waals surface area contributed by atoms with E-state index in [2.05, 4.69) is 4.72 Å². The summed E-state index contributed by atoms with van der Waals surface area (Å²) in [7, 11) is -3.36. The Morgan fingerprint density at radius 3 is 2.76 bits per heavy atom. The van der Waals surface area contributed by atoms with Gasteiger partial charge in [0, 0.05) is 5.88 Å². The molecule has 94 valence electrons. The smallest absolute Gasteiger partial charge is 0.339 e. The van der Waals surface area contributed by atoms with Crippen LogP contribution in [0.5, 0.6) is 0 Å². The second-order valence-electron chi connectivity index (χ2n) is 3.33. The molecule has 0 amide bonds. The van der Waals surface area contributed by atoms with E-state index < -0.39 is 16.0 Å². The van der Waals surface area contributed by atoms with Crippen LogP contribution in [0, 0.1) is 0 Å². The zero-order chi connectivity index (χ0) is 12.9. The van der Waals surface area contributed by atoms with Crippen molar-refractivity contribution in [3.05, 3.63) is 35.4 Å². The van der Waals surface area contributed by atoms with Gasteiger partial charge in [0.25, 0.3) is 0 Å². The minimum atomic E-state index is -3.36. The van der Waals surface area contributed by atoms with Crippen molar-refractivity contribution in [1.29, 1.82) is 0 Å². The molecule has 0 saturated carbocycles. The van der Waals surface area contributed by atoms with E-state index in [-0.39, 0.29) is 6.73 Å². The number of carbonyl (C=O) groups excluding carboxylic acids is 1. The van der Waals surface area contributed by atoms with Gasteiger partial charge in [-0.05, 0) is 17.7 Å². The standard InChI is InChI=1S/C10H12ClNO4S/c1-17(14,15)12-7-16-10(13)9-4-2-3-8(5-9)6-11/h2-5,12H,6-7H2,1H3. The van der Waals surface area contributed by atoms with Gasteiger partial charge in [-0.15, -0.1) is 11.6 Å². The number of rotatable bonds is 5. The van der Waals surface area contributed by atoms with E-state index in [1.807, 2.05) is 0 Å². The van der Waals surface area contributed by atoms with E-state index in [0.29, 0.717) is 11.4 Å². The van der Waals surface area contributed by atoms with Crippen molar-refractivity contribution in [3.63, 3.8) is 0 Å². The fraction of sp³-hybridized carbons (Fsp3) is 0.300. The highest BCUT2D eigenvalue weighted by Gasteiger charge is 2.08. The van der Waals surface area contributed by atoms with Crippen LogP contribution in [0.25, 0.3) is 0 Å². The first-order valence-electron chi connectivity index (χ1n) is 4.69. The van der Waals surface area contributed by atoms with Crippen LogP contribution in [-0.4, -0.2) is 27.4 Å². The summed E-state index contributed by atoms with van der Waals surface area (Å²) < 4.78 is 28.2. The van der Waals surface area contributed by atoms with E-state index in [1.165, 1.54) is 0 Å². The lowest BCUT2D eigenvalue weighted by Gasteiger charge is -2.05. The van der Waals surface area contributed by atoms with E-state index in [0.717, 1.165) is 11.8 Å². The highest BCUT2D eigenvalue weighted by molar-refractivity contribution is 7.88. The summed E-state index contributed by atoms with van der Waals surface area (Å²) in [5.41, 5.74) is 1.12. The van der Waals surface area contributed by atoms with E-state index in [1.54, 1.807) is 24.3 Å². The molecule has 0 fully saturated rings. The lowest BCUT2D eigenvalue weighted by molar-refractivity contribution is 0.0499. The molecule has 7 heteroatoms. The van der Waals surface area contributed by atoms with Gasteiger partial charge in [-0.25, -0.2) is 13.2 Å². The predicted molar refractivity (Wildman–Crippen MR) is 64.3 cm³/mol. The molecule has 0 unspecified atom stereocenters. The summed E-state index contributed by atoms with van der Waals surface area (Å²) in [5, 5.41) is 0. The van der Waals surface area contributed by atoms with Gasteiger partial charge in [-0.3, -0.25) is 0 Å². The molecule has 0 atom stereocenters. The molecule has 0 radical (unpaired) electrons. The van der Waals surface area contributed by atoms with Gasteiger partial charge in [0.1, 0.15) is 0 Å². The van der Waals surface area contributed by atoms with Gasteiger partial charge in [-0.2, -0.15) is 4.72 Å². The Balaban J connectivity index is 2.58. The van der Waals surface area contributed by atoms with Gasteiger partial charge in [0.05, 0.1) is 11.8 Å². The maximum absolute atomic E-state index is 11.5. The van der Waals surface area contributed by atoms with Crippen LogP contribution in [0.1, 0.15) is 15.9 Å². The first-order valence-corrected chi connectivity index (χ1v) is 7.11. The number of benzene rings is 1. The largest absolute Gasteiger partial charge is 0.445 e. The summed E-state index contributed by atoms with van der Waals surface area (Å²) >= 11 is 5.62. The number of alkyl halides is 1. The van der Waals surface area contributed by atoms with Gasteiger partial charge >= 0.3 is 5.97 Å². The Morgan fingerprint density at radius 1 is 1.47 bits per heavy atom. The van der Waals surface area contributed by atoms with Crippen molar-refractivity contribution >= 4 is 27.6 Å². The first-order chi connectivity index (χ1) is 7.92. The van der Waals surface area contributed by atoms with Crippen molar-refractivity contribution in [2.75, 3.05) is 13.0 Å². The number of hydrogen-bond donors (Lipinski definition) is 1. The highest BCUT2D eigenvalue weighted by Crippen LogP contribution is 2.08. The number of sulfonamides is 1. The minimum absolute atomic E-state index is 0.294. The quantitative estimate of drug-likeness (QED) is 0.497. The molecule has 0 saturated heterocycles. The molecule has 17 heavy (non-hydrogen) atoms. The van der Waals surface area contributed by atoms with Crippen molar-refractivity contribution in [2.45, 2.75) is 5.88 Å². The molecular weight excluding hydrogens is 266 g/mol. The molecule has 0 heterocycles. The SMILES string of the molecule is CS(=O)(=O)NCOC(=O)c1cccc(CCl)c1. The number of nitrogens with one attached hydrogen (secondary N) is 1. The van der Waals surface area contributed by atoms with Crippen LogP contribution < -0.4 is 4.72 Å². The maximum Gasteiger partial charge on any atom is 0.339 e. The Hall–Kier alpha value is -1.11. The van der Waals surface area contributed by atoms with Gasteiger partial charge in [0.2, 0.25) is 10.0 Å². The van der Waals surface area contributed by atoms with Gasteiger partial charge < -0.3 is 4.74 Å². The van der Waals surface area contributed by atoms with Crippen molar-refractivity contribution in [3.8, 4) is 0 Å². The van der Waals surface area contributed by atoms with E-state index in [4.69, 9.17) is 16.3 Å².